The van der Waals surface area contributed by atoms with Crippen LogP contribution in [0, 0.1) is 11.2 Å². The molecule has 1 aromatic carbocycles. The lowest BCUT2D eigenvalue weighted by Crippen LogP contribution is -2.43. The fourth-order valence-electron chi connectivity index (χ4n) is 5.41. The Morgan fingerprint density at radius 3 is 2.65 bits per heavy atom. The Morgan fingerprint density at radius 1 is 1.24 bits per heavy atom. The number of amides is 2. The largest absolute Gasteiger partial charge is 0.444 e. The van der Waals surface area contributed by atoms with Gasteiger partial charge in [-0.3, -0.25) is 9.48 Å². The molecule has 1 aliphatic heterocycles. The van der Waals surface area contributed by atoms with E-state index in [0.717, 1.165) is 19.3 Å². The second-order valence-electron chi connectivity index (χ2n) is 11.1. The van der Waals surface area contributed by atoms with E-state index in [0.29, 0.717) is 29.9 Å². The van der Waals surface area contributed by atoms with Crippen molar-refractivity contribution in [1.29, 1.82) is 0 Å². The Kier molecular flexibility index (Phi) is 5.96. The predicted octanol–water partition coefficient (Wildman–Crippen LogP) is 3.58. The van der Waals surface area contributed by atoms with Crippen LogP contribution >= 0.6 is 0 Å². The van der Waals surface area contributed by atoms with Crippen molar-refractivity contribution < 1.29 is 18.7 Å². The fraction of sp³-hybridized carbons (Fsp3) is 0.462. The van der Waals surface area contributed by atoms with Gasteiger partial charge in [-0.15, -0.1) is 0 Å². The summed E-state index contributed by atoms with van der Waals surface area (Å²) in [5.41, 5.74) is 13.1. The molecule has 1 saturated heterocycles. The zero-order valence-corrected chi connectivity index (χ0v) is 21.3. The highest BCUT2D eigenvalue weighted by Gasteiger charge is 2.51. The summed E-state index contributed by atoms with van der Waals surface area (Å²) in [6, 6.07) is 6.47. The summed E-state index contributed by atoms with van der Waals surface area (Å²) >= 11 is 0. The molecule has 1 aliphatic carbocycles. The number of likely N-dealkylation sites (tertiary alicyclic amines) is 1. The van der Waals surface area contributed by atoms with E-state index in [2.05, 4.69) is 10.2 Å². The number of hydrogen-bond donors (Lipinski definition) is 2. The van der Waals surface area contributed by atoms with Crippen LogP contribution in [0.3, 0.4) is 0 Å². The van der Waals surface area contributed by atoms with Crippen molar-refractivity contribution in [3.8, 4) is 11.3 Å². The Hall–Kier alpha value is -3.89. The van der Waals surface area contributed by atoms with E-state index < -0.39 is 11.5 Å². The molecule has 2 aromatic heterocycles. The van der Waals surface area contributed by atoms with E-state index >= 15 is 0 Å². The molecular formula is C26H32FN7O3. The van der Waals surface area contributed by atoms with Crippen LogP contribution in [0.4, 0.5) is 15.0 Å². The summed E-state index contributed by atoms with van der Waals surface area (Å²) in [5.74, 6) is -0.778. The molecular weight excluding hydrogens is 477 g/mol. The van der Waals surface area contributed by atoms with Gasteiger partial charge in [0, 0.05) is 30.4 Å². The molecule has 1 saturated carbocycles. The number of carbonyl (C=O) groups is 2. The van der Waals surface area contributed by atoms with E-state index in [-0.39, 0.29) is 41.3 Å². The van der Waals surface area contributed by atoms with Crippen molar-refractivity contribution in [2.24, 2.45) is 11.1 Å². The zero-order chi connectivity index (χ0) is 26.5. The number of rotatable bonds is 5. The average molecular weight is 510 g/mol. The van der Waals surface area contributed by atoms with Crippen LogP contribution in [0.2, 0.25) is 0 Å². The van der Waals surface area contributed by atoms with Gasteiger partial charge in [0.15, 0.2) is 0 Å². The maximum absolute atomic E-state index is 14.1. The molecule has 2 amide bonds. The molecule has 0 unspecified atom stereocenters. The molecule has 0 atom stereocenters. The number of hydrogen-bond acceptors (Lipinski definition) is 6. The second-order valence-corrected chi connectivity index (χ2v) is 11.1. The lowest BCUT2D eigenvalue weighted by Gasteiger charge is -2.45. The normalized spacial score (nSPS) is 21.3. The number of anilines is 1. The van der Waals surface area contributed by atoms with Crippen molar-refractivity contribution in [1.82, 2.24) is 24.5 Å². The lowest BCUT2D eigenvalue weighted by atomic mass is 9.65. The SMILES string of the molecule is CC(C)(C)OC(=O)N1CCC2(CC(n3nc(-c4cnn(Cc5ccccc5F)c4)c(C(N)=O)c3N)C2)C1. The smallest absolute Gasteiger partial charge is 0.410 e. The van der Waals surface area contributed by atoms with E-state index in [9.17, 15) is 14.0 Å². The monoisotopic (exact) mass is 509 g/mol. The van der Waals surface area contributed by atoms with Crippen molar-refractivity contribution in [2.75, 3.05) is 18.8 Å². The third-order valence-electron chi connectivity index (χ3n) is 7.16. The fourth-order valence-corrected chi connectivity index (χ4v) is 5.41. The van der Waals surface area contributed by atoms with Gasteiger partial charge in [-0.2, -0.15) is 10.2 Å². The average Bonchev–Trinajstić information content (AvgIpc) is 3.50. The first-order valence-electron chi connectivity index (χ1n) is 12.4. The minimum atomic E-state index is -0.674. The maximum atomic E-state index is 14.1. The van der Waals surface area contributed by atoms with Gasteiger partial charge in [-0.05, 0) is 51.5 Å². The molecule has 11 heteroatoms. The van der Waals surface area contributed by atoms with Crippen LogP contribution in [0.15, 0.2) is 36.7 Å². The Morgan fingerprint density at radius 2 is 1.97 bits per heavy atom. The van der Waals surface area contributed by atoms with Gasteiger partial charge < -0.3 is 21.1 Å². The minimum absolute atomic E-state index is 0.0149. The molecule has 2 fully saturated rings. The summed E-state index contributed by atoms with van der Waals surface area (Å²) in [7, 11) is 0. The van der Waals surface area contributed by atoms with Crippen LogP contribution in [0.25, 0.3) is 11.3 Å². The van der Waals surface area contributed by atoms with E-state index in [4.69, 9.17) is 16.2 Å². The van der Waals surface area contributed by atoms with Gasteiger partial charge in [0.2, 0.25) is 0 Å². The molecule has 0 radical (unpaired) electrons. The van der Waals surface area contributed by atoms with Gasteiger partial charge in [0.25, 0.3) is 5.91 Å². The molecule has 3 aromatic rings. The molecule has 0 bridgehead atoms. The third kappa shape index (κ3) is 4.77. The van der Waals surface area contributed by atoms with Gasteiger partial charge in [-0.25, -0.2) is 13.9 Å². The quantitative estimate of drug-likeness (QED) is 0.540. The van der Waals surface area contributed by atoms with Crippen LogP contribution in [-0.4, -0.2) is 55.2 Å². The maximum Gasteiger partial charge on any atom is 0.410 e. The van der Waals surface area contributed by atoms with Gasteiger partial charge >= 0.3 is 6.09 Å². The summed E-state index contributed by atoms with van der Waals surface area (Å²) in [4.78, 5) is 26.6. The number of nitrogen functional groups attached to an aromatic ring is 1. The Labute approximate surface area is 214 Å². The summed E-state index contributed by atoms with van der Waals surface area (Å²) in [6.45, 7) is 7.07. The van der Waals surface area contributed by atoms with Gasteiger partial charge in [0.1, 0.15) is 28.5 Å². The minimum Gasteiger partial charge on any atom is -0.444 e. The molecule has 37 heavy (non-hydrogen) atoms. The number of ether oxygens (including phenoxy) is 1. The van der Waals surface area contributed by atoms with Crippen LogP contribution in [-0.2, 0) is 11.3 Å². The van der Waals surface area contributed by atoms with Crippen LogP contribution in [0.5, 0.6) is 0 Å². The van der Waals surface area contributed by atoms with Crippen LogP contribution in [0.1, 0.15) is 62.0 Å². The molecule has 10 nitrogen and oxygen atoms in total. The number of benzene rings is 1. The number of carbonyl (C=O) groups excluding carboxylic acids is 2. The van der Waals surface area contributed by atoms with E-state index in [1.807, 2.05) is 20.8 Å². The summed E-state index contributed by atoms with van der Waals surface area (Å²) in [5, 5.41) is 8.99. The zero-order valence-electron chi connectivity index (χ0n) is 21.3. The van der Waals surface area contributed by atoms with Crippen molar-refractivity contribution in [2.45, 2.75) is 58.2 Å². The van der Waals surface area contributed by atoms with Crippen molar-refractivity contribution in [3.05, 3.63) is 53.6 Å². The summed E-state index contributed by atoms with van der Waals surface area (Å²) in [6.07, 6.45) is 5.41. The predicted molar refractivity (Wildman–Crippen MR) is 135 cm³/mol. The summed E-state index contributed by atoms with van der Waals surface area (Å²) < 4.78 is 22.8. The Bertz CT molecular complexity index is 1350. The first kappa shape index (κ1) is 24.8. The van der Waals surface area contributed by atoms with E-state index in [1.54, 1.807) is 44.9 Å². The highest BCUT2D eigenvalue weighted by molar-refractivity contribution is 6.03. The topological polar surface area (TPSA) is 134 Å². The molecule has 1 spiro atoms. The number of primary amides is 1. The Balaban J connectivity index is 1.32. The second kappa shape index (κ2) is 8.89. The number of nitrogens with two attached hydrogens (primary N) is 2. The molecule has 196 valence electrons. The number of aromatic nitrogens is 4. The molecule has 2 aliphatic rings. The first-order chi connectivity index (χ1) is 17.4. The molecule has 5 rings (SSSR count). The van der Waals surface area contributed by atoms with Crippen molar-refractivity contribution >= 4 is 17.8 Å². The van der Waals surface area contributed by atoms with E-state index in [1.165, 1.54) is 6.07 Å². The highest BCUT2D eigenvalue weighted by atomic mass is 19.1. The third-order valence-corrected chi connectivity index (χ3v) is 7.16. The van der Waals surface area contributed by atoms with Crippen molar-refractivity contribution in [3.63, 3.8) is 0 Å². The standard InChI is InChI=1S/C26H32FN7O3/c1-25(2,3)37-24(36)32-9-8-26(15-32)10-18(11-26)34-22(28)20(23(29)35)21(31-34)17-12-30-33(14-17)13-16-6-4-5-7-19(16)27/h4-7,12,14,18H,8-11,13,15,28H2,1-3H3,(H2,29,35). The van der Waals surface area contributed by atoms with Gasteiger partial charge in [0.05, 0.1) is 18.8 Å². The molecule has 3 heterocycles. The van der Waals surface area contributed by atoms with Crippen LogP contribution < -0.4 is 11.5 Å². The number of halogens is 1. The van der Waals surface area contributed by atoms with Gasteiger partial charge in [-0.1, -0.05) is 18.2 Å². The molecule has 4 N–H and O–H groups in total. The lowest BCUT2D eigenvalue weighted by molar-refractivity contribution is 0.0187. The first-order valence-corrected chi connectivity index (χ1v) is 12.4. The number of nitrogens with zero attached hydrogens (tertiary/aromatic N) is 5. The highest BCUT2D eigenvalue weighted by Crippen LogP contribution is 2.55.